The first-order chi connectivity index (χ1) is 7.66. The molecule has 0 aliphatic rings. The maximum absolute atomic E-state index is 5.93. The highest BCUT2D eigenvalue weighted by atomic mass is 79.9. The van der Waals surface area contributed by atoms with Gasteiger partial charge in [-0.15, -0.1) is 0 Å². The van der Waals surface area contributed by atoms with Crippen molar-refractivity contribution in [3.63, 3.8) is 0 Å². The van der Waals surface area contributed by atoms with Gasteiger partial charge in [-0.2, -0.15) is 0 Å². The first-order valence-electron chi connectivity index (χ1n) is 4.95. The molecule has 0 aliphatic carbocycles. The topological polar surface area (TPSA) is 42.4 Å². The summed E-state index contributed by atoms with van der Waals surface area (Å²) in [7, 11) is 1.99. The van der Waals surface area contributed by atoms with E-state index >= 15 is 0 Å². The second kappa shape index (κ2) is 4.61. The van der Waals surface area contributed by atoms with Crippen LogP contribution < -0.4 is 10.6 Å². The Bertz CT molecular complexity index is 468. The van der Waals surface area contributed by atoms with Gasteiger partial charge in [0.2, 0.25) is 0 Å². The van der Waals surface area contributed by atoms with Crippen LogP contribution >= 0.6 is 15.9 Å². The predicted molar refractivity (Wildman–Crippen MR) is 69.4 cm³/mol. The fraction of sp³-hybridized carbons (Fsp3) is 0.167. The fourth-order valence-electron chi connectivity index (χ4n) is 1.57. The van der Waals surface area contributed by atoms with Crippen molar-refractivity contribution in [3.05, 3.63) is 46.8 Å². The van der Waals surface area contributed by atoms with Crippen LogP contribution in [0.2, 0.25) is 0 Å². The molecule has 0 spiro atoms. The van der Waals surface area contributed by atoms with Gasteiger partial charge in [0, 0.05) is 11.5 Å². The molecule has 0 unspecified atom stereocenters. The minimum Gasteiger partial charge on any atom is -0.467 e. The van der Waals surface area contributed by atoms with Gasteiger partial charge >= 0.3 is 0 Å². The van der Waals surface area contributed by atoms with E-state index in [0.717, 1.165) is 21.6 Å². The molecule has 4 heteroatoms. The zero-order valence-electron chi connectivity index (χ0n) is 8.98. The van der Waals surface area contributed by atoms with Gasteiger partial charge in [0.1, 0.15) is 5.76 Å². The Labute approximate surface area is 103 Å². The Kier molecular flexibility index (Phi) is 3.19. The van der Waals surface area contributed by atoms with Crippen molar-refractivity contribution >= 4 is 27.3 Å². The number of nitrogen functional groups attached to an aromatic ring is 1. The standard InChI is InChI=1S/C12H13BrN2O/c1-15(8-10-3-2-6-16-10)12-7-9(13)4-5-11(12)14/h2-7H,8,14H2,1H3. The van der Waals surface area contributed by atoms with Crippen molar-refractivity contribution in [2.45, 2.75) is 6.54 Å². The van der Waals surface area contributed by atoms with Gasteiger partial charge in [-0.05, 0) is 30.3 Å². The fourth-order valence-corrected chi connectivity index (χ4v) is 1.92. The number of anilines is 2. The van der Waals surface area contributed by atoms with Crippen LogP contribution in [0.15, 0.2) is 45.5 Å². The number of nitrogens with two attached hydrogens (primary N) is 1. The van der Waals surface area contributed by atoms with Crippen LogP contribution in [0.3, 0.4) is 0 Å². The summed E-state index contributed by atoms with van der Waals surface area (Å²) < 4.78 is 6.32. The monoisotopic (exact) mass is 280 g/mol. The average Bonchev–Trinajstić information content (AvgIpc) is 2.74. The van der Waals surface area contributed by atoms with E-state index in [2.05, 4.69) is 20.8 Å². The summed E-state index contributed by atoms with van der Waals surface area (Å²) in [4.78, 5) is 2.05. The molecule has 0 atom stereocenters. The van der Waals surface area contributed by atoms with Crippen LogP contribution in [0, 0.1) is 0 Å². The third kappa shape index (κ3) is 2.39. The third-order valence-electron chi connectivity index (χ3n) is 2.38. The van der Waals surface area contributed by atoms with Crippen molar-refractivity contribution in [3.8, 4) is 0 Å². The zero-order chi connectivity index (χ0) is 11.5. The van der Waals surface area contributed by atoms with Gasteiger partial charge in [-0.1, -0.05) is 15.9 Å². The number of nitrogens with zero attached hydrogens (tertiary/aromatic N) is 1. The first kappa shape index (κ1) is 11.1. The highest BCUT2D eigenvalue weighted by Crippen LogP contribution is 2.27. The van der Waals surface area contributed by atoms with E-state index in [9.17, 15) is 0 Å². The molecule has 0 fully saturated rings. The zero-order valence-corrected chi connectivity index (χ0v) is 10.6. The van der Waals surface area contributed by atoms with Gasteiger partial charge in [-0.3, -0.25) is 0 Å². The summed E-state index contributed by atoms with van der Waals surface area (Å²) in [6.07, 6.45) is 1.67. The van der Waals surface area contributed by atoms with E-state index < -0.39 is 0 Å². The number of benzene rings is 1. The molecule has 1 aromatic carbocycles. The van der Waals surface area contributed by atoms with Crippen LogP contribution in [0.25, 0.3) is 0 Å². The minimum atomic E-state index is 0.702. The lowest BCUT2D eigenvalue weighted by Gasteiger charge is -2.20. The van der Waals surface area contributed by atoms with Crippen LogP contribution in [0.5, 0.6) is 0 Å². The second-order valence-electron chi connectivity index (χ2n) is 3.64. The van der Waals surface area contributed by atoms with Crippen LogP contribution in [-0.2, 0) is 6.54 Å². The lowest BCUT2D eigenvalue weighted by atomic mass is 10.2. The summed E-state index contributed by atoms with van der Waals surface area (Å²) >= 11 is 3.44. The van der Waals surface area contributed by atoms with E-state index in [1.54, 1.807) is 6.26 Å². The molecule has 16 heavy (non-hydrogen) atoms. The molecule has 2 N–H and O–H groups in total. The molecule has 0 aliphatic heterocycles. The molecule has 2 aromatic rings. The molecule has 0 saturated carbocycles. The maximum atomic E-state index is 5.93. The number of halogens is 1. The Balaban J connectivity index is 2.20. The molecular weight excluding hydrogens is 268 g/mol. The third-order valence-corrected chi connectivity index (χ3v) is 2.87. The molecule has 1 aromatic heterocycles. The molecule has 0 saturated heterocycles. The quantitative estimate of drug-likeness (QED) is 0.878. The SMILES string of the molecule is CN(Cc1ccco1)c1cc(Br)ccc1N. The highest BCUT2D eigenvalue weighted by Gasteiger charge is 2.07. The average molecular weight is 281 g/mol. The highest BCUT2D eigenvalue weighted by molar-refractivity contribution is 9.10. The summed E-state index contributed by atoms with van der Waals surface area (Å²) in [6, 6.07) is 9.65. The molecule has 0 amide bonds. The van der Waals surface area contributed by atoms with Crippen molar-refractivity contribution in [2.75, 3.05) is 17.7 Å². The van der Waals surface area contributed by atoms with Crippen molar-refractivity contribution in [1.29, 1.82) is 0 Å². The lowest BCUT2D eigenvalue weighted by molar-refractivity contribution is 0.507. The molecule has 0 radical (unpaired) electrons. The molecule has 0 bridgehead atoms. The van der Waals surface area contributed by atoms with Gasteiger partial charge in [0.25, 0.3) is 0 Å². The summed E-state index contributed by atoms with van der Waals surface area (Å²) in [5.74, 6) is 0.918. The predicted octanol–water partition coefficient (Wildman–Crippen LogP) is 3.26. The van der Waals surface area contributed by atoms with E-state index in [-0.39, 0.29) is 0 Å². The number of hydrogen-bond donors (Lipinski definition) is 1. The summed E-state index contributed by atoms with van der Waals surface area (Å²) in [5.41, 5.74) is 7.68. The second-order valence-corrected chi connectivity index (χ2v) is 4.55. The lowest BCUT2D eigenvalue weighted by Crippen LogP contribution is -2.17. The smallest absolute Gasteiger partial charge is 0.123 e. The first-order valence-corrected chi connectivity index (χ1v) is 5.74. The summed E-state index contributed by atoms with van der Waals surface area (Å²) in [5, 5.41) is 0. The van der Waals surface area contributed by atoms with Gasteiger partial charge in [0.15, 0.2) is 0 Å². The van der Waals surface area contributed by atoms with Gasteiger partial charge in [0.05, 0.1) is 24.2 Å². The van der Waals surface area contributed by atoms with Crippen molar-refractivity contribution < 1.29 is 4.42 Å². The Morgan fingerprint density at radius 1 is 1.38 bits per heavy atom. The van der Waals surface area contributed by atoms with E-state index in [1.165, 1.54) is 0 Å². The Morgan fingerprint density at radius 2 is 2.19 bits per heavy atom. The molecule has 1 heterocycles. The molecule has 84 valence electrons. The number of furan rings is 1. The van der Waals surface area contributed by atoms with Gasteiger partial charge < -0.3 is 15.1 Å². The van der Waals surface area contributed by atoms with Crippen LogP contribution in [0.4, 0.5) is 11.4 Å². The maximum Gasteiger partial charge on any atom is 0.123 e. The van der Waals surface area contributed by atoms with Crippen LogP contribution in [-0.4, -0.2) is 7.05 Å². The van der Waals surface area contributed by atoms with E-state index in [0.29, 0.717) is 6.54 Å². The summed E-state index contributed by atoms with van der Waals surface area (Å²) in [6.45, 7) is 0.702. The molecule has 2 rings (SSSR count). The van der Waals surface area contributed by atoms with Crippen LogP contribution in [0.1, 0.15) is 5.76 Å². The number of rotatable bonds is 3. The normalized spacial score (nSPS) is 10.4. The van der Waals surface area contributed by atoms with E-state index in [4.69, 9.17) is 10.2 Å². The Hall–Kier alpha value is -1.42. The molecular formula is C12H13BrN2O. The van der Waals surface area contributed by atoms with Gasteiger partial charge in [-0.25, -0.2) is 0 Å². The number of hydrogen-bond acceptors (Lipinski definition) is 3. The largest absolute Gasteiger partial charge is 0.467 e. The molecule has 3 nitrogen and oxygen atoms in total. The van der Waals surface area contributed by atoms with Crippen molar-refractivity contribution in [1.82, 2.24) is 0 Å². The minimum absolute atomic E-state index is 0.702. The van der Waals surface area contributed by atoms with Crippen molar-refractivity contribution in [2.24, 2.45) is 0 Å². The van der Waals surface area contributed by atoms with E-state index in [1.807, 2.05) is 37.4 Å². The Morgan fingerprint density at radius 3 is 2.88 bits per heavy atom.